The van der Waals surface area contributed by atoms with Gasteiger partial charge < -0.3 is 20.6 Å². The zero-order valence-corrected chi connectivity index (χ0v) is 10.4. The Hall–Kier alpha value is -0.460. The Bertz CT molecular complexity index is 322. The van der Waals surface area contributed by atoms with Gasteiger partial charge in [-0.2, -0.15) is 0 Å². The molecule has 0 aromatic heterocycles. The maximum atomic E-state index is 9.80. The Labute approximate surface area is 103 Å². The van der Waals surface area contributed by atoms with E-state index in [2.05, 4.69) is 21.2 Å². The first kappa shape index (κ1) is 13.6. The quantitative estimate of drug-likeness (QED) is 0.613. The average Bonchev–Trinajstić information content (AvgIpc) is 2.28. The highest BCUT2D eigenvalue weighted by Crippen LogP contribution is 2.17. The van der Waals surface area contributed by atoms with Crippen LogP contribution in [0.1, 0.15) is 11.7 Å². The Morgan fingerprint density at radius 3 is 2.62 bits per heavy atom. The van der Waals surface area contributed by atoms with E-state index in [1.807, 2.05) is 24.3 Å². The lowest BCUT2D eigenvalue weighted by Crippen LogP contribution is -2.32. The first-order chi connectivity index (χ1) is 7.63. The number of halogens is 1. The minimum Gasteiger partial charge on any atom is -0.394 e. The van der Waals surface area contributed by atoms with Gasteiger partial charge in [0.15, 0.2) is 0 Å². The number of aliphatic hydroxyl groups excluding tert-OH is 3. The SMILES string of the molecule is OCC(O)CNCC(O)c1cccc(Br)c1. The molecule has 0 fully saturated rings. The predicted octanol–water partition coefficient (Wildman–Crippen LogP) is 0.425. The molecule has 2 unspecified atom stereocenters. The number of hydrogen-bond acceptors (Lipinski definition) is 4. The maximum Gasteiger partial charge on any atom is 0.0914 e. The molecule has 16 heavy (non-hydrogen) atoms. The van der Waals surface area contributed by atoms with Crippen LogP contribution in [0.2, 0.25) is 0 Å². The smallest absolute Gasteiger partial charge is 0.0914 e. The highest BCUT2D eigenvalue weighted by Gasteiger charge is 2.08. The minimum atomic E-state index is -0.783. The number of benzene rings is 1. The van der Waals surface area contributed by atoms with Crippen LogP contribution in [0.4, 0.5) is 0 Å². The largest absolute Gasteiger partial charge is 0.394 e. The fourth-order valence-corrected chi connectivity index (χ4v) is 1.70. The van der Waals surface area contributed by atoms with Gasteiger partial charge in [-0.3, -0.25) is 0 Å². The lowest BCUT2D eigenvalue weighted by atomic mass is 10.1. The van der Waals surface area contributed by atoms with Gasteiger partial charge in [-0.1, -0.05) is 28.1 Å². The molecule has 0 saturated carbocycles. The molecule has 0 spiro atoms. The highest BCUT2D eigenvalue weighted by molar-refractivity contribution is 9.10. The van der Waals surface area contributed by atoms with Crippen molar-refractivity contribution in [1.82, 2.24) is 5.32 Å². The third-order valence-electron chi connectivity index (χ3n) is 2.16. The molecule has 0 amide bonds. The molecule has 1 aromatic carbocycles. The van der Waals surface area contributed by atoms with Crippen molar-refractivity contribution < 1.29 is 15.3 Å². The topological polar surface area (TPSA) is 72.7 Å². The average molecular weight is 290 g/mol. The monoisotopic (exact) mass is 289 g/mol. The summed E-state index contributed by atoms with van der Waals surface area (Å²) in [4.78, 5) is 0. The summed E-state index contributed by atoms with van der Waals surface area (Å²) in [7, 11) is 0. The molecule has 0 aliphatic rings. The van der Waals surface area contributed by atoms with E-state index in [9.17, 15) is 5.11 Å². The highest BCUT2D eigenvalue weighted by atomic mass is 79.9. The summed E-state index contributed by atoms with van der Waals surface area (Å²) in [5.41, 5.74) is 0.806. The van der Waals surface area contributed by atoms with Crippen molar-refractivity contribution in [3.05, 3.63) is 34.3 Å². The number of rotatable bonds is 6. The van der Waals surface area contributed by atoms with E-state index < -0.39 is 12.2 Å². The van der Waals surface area contributed by atoms with Crippen LogP contribution in [-0.4, -0.2) is 41.1 Å². The van der Waals surface area contributed by atoms with Crippen molar-refractivity contribution in [1.29, 1.82) is 0 Å². The molecular weight excluding hydrogens is 274 g/mol. The number of hydrogen-bond donors (Lipinski definition) is 4. The summed E-state index contributed by atoms with van der Waals surface area (Å²) in [6, 6.07) is 7.42. The van der Waals surface area contributed by atoms with Gasteiger partial charge in [0.1, 0.15) is 0 Å². The Morgan fingerprint density at radius 1 is 1.25 bits per heavy atom. The summed E-state index contributed by atoms with van der Waals surface area (Å²) in [5.74, 6) is 0. The molecule has 0 heterocycles. The molecule has 0 saturated heterocycles. The van der Waals surface area contributed by atoms with Crippen molar-refractivity contribution in [3.63, 3.8) is 0 Å². The summed E-state index contributed by atoms with van der Waals surface area (Å²) in [6.45, 7) is 0.328. The number of aliphatic hydroxyl groups is 3. The van der Waals surface area contributed by atoms with Crippen LogP contribution in [0.3, 0.4) is 0 Å². The predicted molar refractivity (Wildman–Crippen MR) is 65.1 cm³/mol. The van der Waals surface area contributed by atoms with Crippen LogP contribution in [0.25, 0.3) is 0 Å². The van der Waals surface area contributed by atoms with Crippen LogP contribution in [0.15, 0.2) is 28.7 Å². The molecule has 4 N–H and O–H groups in total. The fraction of sp³-hybridized carbons (Fsp3) is 0.455. The van der Waals surface area contributed by atoms with Crippen molar-refractivity contribution in [2.45, 2.75) is 12.2 Å². The second-order valence-corrected chi connectivity index (χ2v) is 4.48. The molecule has 1 rings (SSSR count). The van der Waals surface area contributed by atoms with Gasteiger partial charge in [0, 0.05) is 17.6 Å². The first-order valence-electron chi connectivity index (χ1n) is 5.06. The van der Waals surface area contributed by atoms with Crippen molar-refractivity contribution in [3.8, 4) is 0 Å². The third kappa shape index (κ3) is 4.59. The molecule has 0 aliphatic carbocycles. The second-order valence-electron chi connectivity index (χ2n) is 3.57. The van der Waals surface area contributed by atoms with Gasteiger partial charge in [0.05, 0.1) is 18.8 Å². The van der Waals surface area contributed by atoms with Crippen molar-refractivity contribution >= 4 is 15.9 Å². The van der Waals surface area contributed by atoms with E-state index in [1.165, 1.54) is 0 Å². The zero-order valence-electron chi connectivity index (χ0n) is 8.81. The van der Waals surface area contributed by atoms with E-state index >= 15 is 0 Å². The third-order valence-corrected chi connectivity index (χ3v) is 2.66. The maximum absolute atomic E-state index is 9.80. The molecule has 1 aromatic rings. The zero-order chi connectivity index (χ0) is 12.0. The van der Waals surface area contributed by atoms with Crippen molar-refractivity contribution in [2.24, 2.45) is 0 Å². The summed E-state index contributed by atoms with van der Waals surface area (Å²) < 4.78 is 0.916. The lowest BCUT2D eigenvalue weighted by Gasteiger charge is -2.14. The molecule has 90 valence electrons. The molecular formula is C11H16BrNO3. The lowest BCUT2D eigenvalue weighted by molar-refractivity contribution is 0.0891. The molecule has 2 atom stereocenters. The molecule has 5 heteroatoms. The second kappa shape index (κ2) is 6.98. The van der Waals surface area contributed by atoms with Gasteiger partial charge >= 0.3 is 0 Å². The van der Waals surface area contributed by atoms with Crippen LogP contribution in [0.5, 0.6) is 0 Å². The summed E-state index contributed by atoms with van der Waals surface area (Å²) in [5, 5.41) is 30.4. The van der Waals surface area contributed by atoms with Gasteiger partial charge in [0.25, 0.3) is 0 Å². The van der Waals surface area contributed by atoms with Crippen LogP contribution >= 0.6 is 15.9 Å². The summed E-state index contributed by atoms with van der Waals surface area (Å²) >= 11 is 3.33. The van der Waals surface area contributed by atoms with E-state index in [4.69, 9.17) is 10.2 Å². The van der Waals surface area contributed by atoms with Crippen LogP contribution < -0.4 is 5.32 Å². The normalized spacial score (nSPS) is 14.8. The molecule has 0 radical (unpaired) electrons. The minimum absolute atomic E-state index is 0.265. The van der Waals surface area contributed by atoms with Crippen LogP contribution in [0, 0.1) is 0 Å². The first-order valence-corrected chi connectivity index (χ1v) is 5.86. The Balaban J connectivity index is 2.38. The molecule has 0 bridgehead atoms. The van der Waals surface area contributed by atoms with Gasteiger partial charge in [-0.05, 0) is 17.7 Å². The fourth-order valence-electron chi connectivity index (χ4n) is 1.28. The Morgan fingerprint density at radius 2 is 2.00 bits per heavy atom. The Kier molecular flexibility index (Phi) is 5.94. The standard InChI is InChI=1S/C11H16BrNO3/c12-9-3-1-2-8(4-9)11(16)6-13-5-10(15)7-14/h1-4,10-11,13-16H,5-7H2. The molecule has 0 aliphatic heterocycles. The van der Waals surface area contributed by atoms with Gasteiger partial charge in [0.2, 0.25) is 0 Å². The van der Waals surface area contributed by atoms with Gasteiger partial charge in [-0.15, -0.1) is 0 Å². The van der Waals surface area contributed by atoms with Crippen LogP contribution in [-0.2, 0) is 0 Å². The number of nitrogens with one attached hydrogen (secondary N) is 1. The van der Waals surface area contributed by atoms with Gasteiger partial charge in [-0.25, -0.2) is 0 Å². The van der Waals surface area contributed by atoms with Crippen molar-refractivity contribution in [2.75, 3.05) is 19.7 Å². The van der Waals surface area contributed by atoms with E-state index in [-0.39, 0.29) is 13.2 Å². The van der Waals surface area contributed by atoms with E-state index in [0.717, 1.165) is 10.0 Å². The molecule has 4 nitrogen and oxygen atoms in total. The van der Waals surface area contributed by atoms with E-state index in [1.54, 1.807) is 0 Å². The van der Waals surface area contributed by atoms with E-state index in [0.29, 0.717) is 6.54 Å². The summed E-state index contributed by atoms with van der Waals surface area (Å²) in [6.07, 6.45) is -1.40.